The number of benzene rings is 1. The molecular weight excluding hydrogens is 441 g/mol. The van der Waals surface area contributed by atoms with Crippen LogP contribution in [0.2, 0.25) is 0 Å². The molecular formula is C22H19F3N4O2S. The van der Waals surface area contributed by atoms with Crippen molar-refractivity contribution in [2.45, 2.75) is 37.5 Å². The molecule has 2 N–H and O–H groups in total. The van der Waals surface area contributed by atoms with Crippen LogP contribution in [-0.4, -0.2) is 25.8 Å². The largest absolute Gasteiger partial charge is 0.433 e. The normalized spacial score (nSPS) is 25.2. The average Bonchev–Trinajstić information content (AvgIpc) is 3.42. The number of aromatic nitrogens is 3. The Morgan fingerprint density at radius 1 is 1.12 bits per heavy atom. The van der Waals surface area contributed by atoms with Crippen molar-refractivity contribution in [2.75, 3.05) is 5.32 Å². The van der Waals surface area contributed by atoms with Crippen LogP contribution in [0, 0.1) is 11.8 Å². The molecule has 0 saturated heterocycles. The molecule has 2 aliphatic rings. The number of alkyl halides is 3. The third kappa shape index (κ3) is 4.00. The number of hydrogen-bond donors (Lipinski definition) is 2. The van der Waals surface area contributed by atoms with Gasteiger partial charge >= 0.3 is 6.18 Å². The summed E-state index contributed by atoms with van der Waals surface area (Å²) >= 11 is 1.39. The number of carbonyl (C=O) groups excluding carboxylic acids is 1. The van der Waals surface area contributed by atoms with Crippen molar-refractivity contribution < 1.29 is 23.1 Å². The van der Waals surface area contributed by atoms with Gasteiger partial charge in [0.05, 0.1) is 4.88 Å². The van der Waals surface area contributed by atoms with Crippen molar-refractivity contribution >= 4 is 28.8 Å². The molecule has 166 valence electrons. The standard InChI is InChI=1S/C22H19F3N4O2S/c23-22(24,25)18-4-5-26-20(29-18)28-15-3-1-2-12(6-15)17-11-27-19(32-17)21(31)9-13-7-16(30)8-14(13)10-21/h1-6,11,13-14,31H,7-10H2,(H,26,28,29)/t13-,14+,21+. The summed E-state index contributed by atoms with van der Waals surface area (Å²) in [5.74, 6) is 0.568. The molecule has 1 aromatic carbocycles. The zero-order valence-electron chi connectivity index (χ0n) is 16.8. The summed E-state index contributed by atoms with van der Waals surface area (Å²) in [5, 5.41) is 14.6. The van der Waals surface area contributed by atoms with Crippen LogP contribution < -0.4 is 5.32 Å². The van der Waals surface area contributed by atoms with E-state index >= 15 is 0 Å². The molecule has 0 radical (unpaired) electrons. The Morgan fingerprint density at radius 2 is 1.88 bits per heavy atom. The Labute approximate surface area is 185 Å². The first kappa shape index (κ1) is 21.0. The maximum absolute atomic E-state index is 12.9. The third-order valence-electron chi connectivity index (χ3n) is 6.10. The number of Topliss-reactive ketones (excluding diaryl/α,β-unsaturated/α-hetero) is 1. The predicted molar refractivity (Wildman–Crippen MR) is 112 cm³/mol. The Bertz CT molecular complexity index is 1160. The summed E-state index contributed by atoms with van der Waals surface area (Å²) in [6, 6.07) is 7.93. The van der Waals surface area contributed by atoms with E-state index in [2.05, 4.69) is 20.3 Å². The van der Waals surface area contributed by atoms with Crippen LogP contribution in [0.25, 0.3) is 10.4 Å². The minimum atomic E-state index is -4.55. The smallest absolute Gasteiger partial charge is 0.383 e. The monoisotopic (exact) mass is 460 g/mol. The molecule has 2 saturated carbocycles. The number of carbonyl (C=O) groups is 1. The highest BCUT2D eigenvalue weighted by Gasteiger charge is 2.50. The highest BCUT2D eigenvalue weighted by molar-refractivity contribution is 7.15. The summed E-state index contributed by atoms with van der Waals surface area (Å²) in [6.07, 6.45) is 0.370. The third-order valence-corrected chi connectivity index (χ3v) is 7.34. The number of halogens is 3. The molecule has 0 aliphatic heterocycles. The number of nitrogens with zero attached hydrogens (tertiary/aromatic N) is 3. The first-order valence-electron chi connectivity index (χ1n) is 10.2. The fraction of sp³-hybridized carbons (Fsp3) is 0.364. The van der Waals surface area contributed by atoms with Gasteiger partial charge in [0.15, 0.2) is 0 Å². The topological polar surface area (TPSA) is 88.0 Å². The summed E-state index contributed by atoms with van der Waals surface area (Å²) in [6.45, 7) is 0. The minimum absolute atomic E-state index is 0.150. The van der Waals surface area contributed by atoms with E-state index in [4.69, 9.17) is 0 Å². The molecule has 2 aliphatic carbocycles. The van der Waals surface area contributed by atoms with E-state index in [1.165, 1.54) is 11.3 Å². The second-order valence-electron chi connectivity index (χ2n) is 8.41. The zero-order valence-corrected chi connectivity index (χ0v) is 17.6. The van der Waals surface area contributed by atoms with Crippen molar-refractivity contribution in [1.82, 2.24) is 15.0 Å². The molecule has 0 unspecified atom stereocenters. The van der Waals surface area contributed by atoms with E-state index in [1.807, 2.05) is 6.07 Å². The molecule has 10 heteroatoms. The second-order valence-corrected chi connectivity index (χ2v) is 9.44. The first-order chi connectivity index (χ1) is 15.2. The van der Waals surface area contributed by atoms with Crippen LogP contribution in [-0.2, 0) is 16.6 Å². The average molecular weight is 460 g/mol. The quantitative estimate of drug-likeness (QED) is 0.574. The number of fused-ring (bicyclic) bond motifs is 1. The fourth-order valence-electron chi connectivity index (χ4n) is 4.68. The van der Waals surface area contributed by atoms with Crippen LogP contribution in [0.4, 0.5) is 24.8 Å². The number of nitrogens with one attached hydrogen (secondary N) is 1. The van der Waals surface area contributed by atoms with Gasteiger partial charge in [0, 0.05) is 30.9 Å². The lowest BCUT2D eigenvalue weighted by atomic mass is 9.99. The van der Waals surface area contributed by atoms with Gasteiger partial charge in [0.1, 0.15) is 22.1 Å². The molecule has 2 fully saturated rings. The van der Waals surface area contributed by atoms with Crippen LogP contribution in [0.1, 0.15) is 36.4 Å². The first-order valence-corrected chi connectivity index (χ1v) is 11.0. The van der Waals surface area contributed by atoms with E-state index in [9.17, 15) is 23.1 Å². The number of aliphatic hydroxyl groups is 1. The van der Waals surface area contributed by atoms with Crippen molar-refractivity contribution in [2.24, 2.45) is 11.8 Å². The Morgan fingerprint density at radius 3 is 2.59 bits per heavy atom. The SMILES string of the molecule is O=C1C[C@@H]2C[C@@](O)(c3ncc(-c4cccc(Nc5nccc(C(F)(F)F)n5)c4)s3)C[C@@H]2C1. The van der Waals surface area contributed by atoms with Crippen LogP contribution in [0.5, 0.6) is 0 Å². The van der Waals surface area contributed by atoms with Crippen molar-refractivity contribution in [3.05, 3.63) is 53.4 Å². The lowest BCUT2D eigenvalue weighted by Crippen LogP contribution is -2.22. The number of hydrogen-bond acceptors (Lipinski definition) is 7. The lowest BCUT2D eigenvalue weighted by Gasteiger charge is -2.20. The Kier molecular flexibility index (Phi) is 5.01. The molecule has 0 amide bonds. The minimum Gasteiger partial charge on any atom is -0.383 e. The van der Waals surface area contributed by atoms with Gasteiger partial charge in [-0.1, -0.05) is 12.1 Å². The van der Waals surface area contributed by atoms with Crippen LogP contribution in [0.3, 0.4) is 0 Å². The molecule has 0 bridgehead atoms. The summed E-state index contributed by atoms with van der Waals surface area (Å²) in [4.78, 5) is 24.3. The van der Waals surface area contributed by atoms with Crippen LogP contribution in [0.15, 0.2) is 42.7 Å². The van der Waals surface area contributed by atoms with Crippen LogP contribution >= 0.6 is 11.3 Å². The predicted octanol–water partition coefficient (Wildman–Crippen LogP) is 4.94. The zero-order chi connectivity index (χ0) is 22.5. The van der Waals surface area contributed by atoms with Gasteiger partial charge in [-0.05, 0) is 48.4 Å². The fourth-order valence-corrected chi connectivity index (χ4v) is 5.70. The Hall–Kier alpha value is -2.85. The molecule has 5 rings (SSSR count). The van der Waals surface area contributed by atoms with Gasteiger partial charge in [0.2, 0.25) is 5.95 Å². The van der Waals surface area contributed by atoms with Gasteiger partial charge in [-0.2, -0.15) is 13.2 Å². The maximum Gasteiger partial charge on any atom is 0.433 e. The number of thiazole rings is 1. The lowest BCUT2D eigenvalue weighted by molar-refractivity contribution is -0.141. The summed E-state index contributed by atoms with van der Waals surface area (Å²) in [5.41, 5.74) is -0.692. The van der Waals surface area contributed by atoms with Gasteiger partial charge in [-0.25, -0.2) is 15.0 Å². The number of rotatable bonds is 4. The number of ketones is 1. The molecule has 0 spiro atoms. The molecule has 2 aromatic heterocycles. The molecule has 32 heavy (non-hydrogen) atoms. The highest BCUT2D eigenvalue weighted by Crippen LogP contribution is 2.52. The van der Waals surface area contributed by atoms with Crippen molar-refractivity contribution in [1.29, 1.82) is 0 Å². The summed E-state index contributed by atoms with van der Waals surface area (Å²) < 4.78 is 38.7. The number of anilines is 2. The van der Waals surface area contributed by atoms with E-state index in [-0.39, 0.29) is 23.6 Å². The van der Waals surface area contributed by atoms with E-state index in [1.54, 1.807) is 24.4 Å². The van der Waals surface area contributed by atoms with Crippen molar-refractivity contribution in [3.8, 4) is 10.4 Å². The Balaban J connectivity index is 1.35. The van der Waals surface area contributed by atoms with Gasteiger partial charge in [-0.15, -0.1) is 11.3 Å². The molecule has 6 nitrogen and oxygen atoms in total. The van der Waals surface area contributed by atoms with E-state index in [0.717, 1.165) is 22.7 Å². The van der Waals surface area contributed by atoms with Crippen molar-refractivity contribution in [3.63, 3.8) is 0 Å². The maximum atomic E-state index is 12.9. The second kappa shape index (κ2) is 7.63. The molecule has 2 heterocycles. The molecule has 3 atom stereocenters. The van der Waals surface area contributed by atoms with E-state index < -0.39 is 17.5 Å². The van der Waals surface area contributed by atoms with Gasteiger partial charge in [-0.3, -0.25) is 4.79 Å². The van der Waals surface area contributed by atoms with E-state index in [0.29, 0.717) is 36.4 Å². The highest BCUT2D eigenvalue weighted by atomic mass is 32.1. The van der Waals surface area contributed by atoms with Gasteiger partial charge < -0.3 is 10.4 Å². The van der Waals surface area contributed by atoms with Gasteiger partial charge in [0.25, 0.3) is 0 Å². The molecule has 3 aromatic rings. The summed E-state index contributed by atoms with van der Waals surface area (Å²) in [7, 11) is 0.